The van der Waals surface area contributed by atoms with Gasteiger partial charge in [-0.1, -0.05) is 22.8 Å². The van der Waals surface area contributed by atoms with E-state index >= 15 is 0 Å². The molecule has 1 aliphatic heterocycles. The largest absolute Gasteiger partial charge is 0.445 e. The Morgan fingerprint density at radius 2 is 2.18 bits per heavy atom. The van der Waals surface area contributed by atoms with Gasteiger partial charge in [-0.3, -0.25) is 4.79 Å². The quantitative estimate of drug-likeness (QED) is 0.860. The average molecular weight is 321 g/mol. The van der Waals surface area contributed by atoms with Gasteiger partial charge in [-0.05, 0) is 31.5 Å². The number of cyclic esters (lactones) is 1. The Kier molecular flexibility index (Phi) is 3.41. The van der Waals surface area contributed by atoms with Gasteiger partial charge < -0.3 is 14.6 Å². The van der Waals surface area contributed by atoms with Gasteiger partial charge in [-0.2, -0.15) is 0 Å². The van der Waals surface area contributed by atoms with Crippen LogP contribution < -0.4 is 5.32 Å². The third-order valence-corrected chi connectivity index (χ3v) is 3.72. The van der Waals surface area contributed by atoms with Crippen molar-refractivity contribution in [1.82, 2.24) is 5.16 Å². The number of aryl methyl sites for hydroxylation is 1. The van der Waals surface area contributed by atoms with E-state index in [9.17, 15) is 9.59 Å². The molecule has 0 bridgehead atoms. The van der Waals surface area contributed by atoms with Crippen LogP contribution in [0.25, 0.3) is 0 Å². The van der Waals surface area contributed by atoms with Crippen molar-refractivity contribution in [2.24, 2.45) is 0 Å². The van der Waals surface area contributed by atoms with Gasteiger partial charge in [0.05, 0.1) is 5.56 Å². The molecule has 0 radical (unpaired) electrons. The van der Waals surface area contributed by atoms with E-state index in [0.29, 0.717) is 16.3 Å². The van der Waals surface area contributed by atoms with E-state index in [-0.39, 0.29) is 12.2 Å². The summed E-state index contributed by atoms with van der Waals surface area (Å²) in [4.78, 5) is 24.5. The van der Waals surface area contributed by atoms with Crippen LogP contribution in [-0.2, 0) is 16.0 Å². The number of carbonyl (C=O) groups excluding carboxylic acids is 2. The first-order valence-electron chi connectivity index (χ1n) is 6.64. The number of nitrogens with one attached hydrogen (secondary N) is 1. The summed E-state index contributed by atoms with van der Waals surface area (Å²) in [6.45, 7) is 3.27. The Hall–Kier alpha value is -2.34. The van der Waals surface area contributed by atoms with Crippen LogP contribution in [-0.4, -0.2) is 22.6 Å². The van der Waals surface area contributed by atoms with Crippen LogP contribution in [0.2, 0.25) is 5.02 Å². The monoisotopic (exact) mass is 320 g/mol. The van der Waals surface area contributed by atoms with Crippen LogP contribution in [0.15, 0.2) is 28.8 Å². The summed E-state index contributed by atoms with van der Waals surface area (Å²) in [6.07, 6.45) is 0.258. The molecule has 22 heavy (non-hydrogen) atoms. The van der Waals surface area contributed by atoms with Gasteiger partial charge in [0.15, 0.2) is 11.4 Å². The molecule has 1 aromatic carbocycles. The third kappa shape index (κ3) is 2.57. The summed E-state index contributed by atoms with van der Waals surface area (Å²) in [5, 5.41) is 6.73. The van der Waals surface area contributed by atoms with Gasteiger partial charge in [-0.25, -0.2) is 4.79 Å². The number of benzene rings is 1. The number of aromatic nitrogens is 1. The molecule has 2 aromatic rings. The lowest BCUT2D eigenvalue weighted by atomic mass is 9.89. The van der Waals surface area contributed by atoms with Gasteiger partial charge in [-0.15, -0.1) is 0 Å². The lowest BCUT2D eigenvalue weighted by molar-refractivity contribution is -0.134. The number of halogens is 1. The molecule has 0 saturated carbocycles. The molecule has 1 atom stereocenters. The van der Waals surface area contributed by atoms with E-state index in [1.807, 2.05) is 0 Å². The molecule has 1 N–H and O–H groups in total. The van der Waals surface area contributed by atoms with Crippen molar-refractivity contribution in [2.75, 3.05) is 5.32 Å². The van der Waals surface area contributed by atoms with Crippen molar-refractivity contribution in [3.63, 3.8) is 0 Å². The zero-order valence-electron chi connectivity index (χ0n) is 12.0. The molecule has 7 heteroatoms. The van der Waals surface area contributed by atoms with Crippen LogP contribution in [0.3, 0.4) is 0 Å². The van der Waals surface area contributed by atoms with E-state index in [2.05, 4.69) is 10.5 Å². The molecule has 3 rings (SSSR count). The Balaban J connectivity index is 1.86. The molecular formula is C15H13ClN2O4. The first-order chi connectivity index (χ1) is 10.4. The zero-order chi connectivity index (χ0) is 15.9. The Morgan fingerprint density at radius 3 is 2.86 bits per heavy atom. The molecule has 0 fully saturated rings. The number of carbonyl (C=O) groups is 2. The highest BCUT2D eigenvalue weighted by molar-refractivity contribution is 6.31. The normalized spacial score (nSPS) is 20.2. The van der Waals surface area contributed by atoms with E-state index < -0.39 is 17.5 Å². The Bertz CT molecular complexity index is 771. The number of ether oxygens (including phenoxy) is 1. The number of rotatable bonds is 2. The lowest BCUT2D eigenvalue weighted by Crippen LogP contribution is -2.49. The highest BCUT2D eigenvalue weighted by atomic mass is 35.5. The average Bonchev–Trinajstić information content (AvgIpc) is 2.85. The second-order valence-electron chi connectivity index (χ2n) is 5.38. The summed E-state index contributed by atoms with van der Waals surface area (Å²) < 4.78 is 10.2. The summed E-state index contributed by atoms with van der Waals surface area (Å²) >= 11 is 5.88. The van der Waals surface area contributed by atoms with Crippen molar-refractivity contribution in [3.8, 4) is 0 Å². The molecule has 1 unspecified atom stereocenters. The third-order valence-electron chi connectivity index (χ3n) is 3.49. The molecule has 0 saturated heterocycles. The number of hydrogen-bond donors (Lipinski definition) is 1. The van der Waals surface area contributed by atoms with Crippen molar-refractivity contribution < 1.29 is 18.8 Å². The number of fused-ring (bicyclic) bond motifs is 1. The van der Waals surface area contributed by atoms with Crippen molar-refractivity contribution >= 4 is 29.3 Å². The Labute approximate surface area is 131 Å². The SMILES string of the molecule is Cc1cc(NC(=O)C2(C)Cc3ccc(Cl)cc3C(=O)O2)no1. The second kappa shape index (κ2) is 5.14. The highest BCUT2D eigenvalue weighted by Gasteiger charge is 2.43. The predicted molar refractivity (Wildman–Crippen MR) is 78.8 cm³/mol. The van der Waals surface area contributed by atoms with Gasteiger partial charge >= 0.3 is 5.97 Å². The second-order valence-corrected chi connectivity index (χ2v) is 5.81. The van der Waals surface area contributed by atoms with Crippen molar-refractivity contribution in [3.05, 3.63) is 46.2 Å². The van der Waals surface area contributed by atoms with Gasteiger partial charge in [0, 0.05) is 17.5 Å². The standard InChI is InChI=1S/C15H13ClN2O4/c1-8-5-12(18-22-8)17-14(20)15(2)7-9-3-4-10(16)6-11(9)13(19)21-15/h3-6H,7H2,1-2H3,(H,17,18,20). The number of anilines is 1. The molecule has 0 aliphatic carbocycles. The first-order valence-corrected chi connectivity index (χ1v) is 7.02. The number of hydrogen-bond acceptors (Lipinski definition) is 5. The molecule has 0 spiro atoms. The predicted octanol–water partition coefficient (Wildman–Crippen LogP) is 2.75. The van der Waals surface area contributed by atoms with Gasteiger partial charge in [0.25, 0.3) is 5.91 Å². The summed E-state index contributed by atoms with van der Waals surface area (Å²) in [5.41, 5.74) is -0.213. The van der Waals surface area contributed by atoms with Crippen LogP contribution in [0.4, 0.5) is 5.82 Å². The zero-order valence-corrected chi connectivity index (χ0v) is 12.7. The summed E-state index contributed by atoms with van der Waals surface area (Å²) in [7, 11) is 0. The van der Waals surface area contributed by atoms with Crippen LogP contribution in [0.5, 0.6) is 0 Å². The molecule has 6 nitrogen and oxygen atoms in total. The molecule has 1 amide bonds. The van der Waals surface area contributed by atoms with Gasteiger partial charge in [0.2, 0.25) is 0 Å². The molecule has 1 aliphatic rings. The smallest absolute Gasteiger partial charge is 0.339 e. The number of esters is 1. The molecule has 114 valence electrons. The number of nitrogens with zero attached hydrogens (tertiary/aromatic N) is 1. The maximum absolute atomic E-state index is 12.4. The maximum atomic E-state index is 12.4. The summed E-state index contributed by atoms with van der Waals surface area (Å²) in [6, 6.07) is 6.53. The van der Waals surface area contributed by atoms with E-state index in [4.69, 9.17) is 20.9 Å². The van der Waals surface area contributed by atoms with Crippen LogP contribution in [0.1, 0.15) is 28.6 Å². The van der Waals surface area contributed by atoms with E-state index in [0.717, 1.165) is 5.56 Å². The van der Waals surface area contributed by atoms with Gasteiger partial charge in [0.1, 0.15) is 5.76 Å². The van der Waals surface area contributed by atoms with E-state index in [1.54, 1.807) is 32.0 Å². The van der Waals surface area contributed by atoms with E-state index in [1.165, 1.54) is 6.07 Å². The minimum Gasteiger partial charge on any atom is -0.445 e. The minimum atomic E-state index is -1.31. The minimum absolute atomic E-state index is 0.258. The van der Waals surface area contributed by atoms with Crippen molar-refractivity contribution in [2.45, 2.75) is 25.9 Å². The fraction of sp³-hybridized carbons (Fsp3) is 0.267. The van der Waals surface area contributed by atoms with Crippen molar-refractivity contribution in [1.29, 1.82) is 0 Å². The van der Waals surface area contributed by atoms with Crippen LogP contribution >= 0.6 is 11.6 Å². The topological polar surface area (TPSA) is 81.4 Å². The fourth-order valence-electron chi connectivity index (χ4n) is 2.35. The maximum Gasteiger partial charge on any atom is 0.339 e. The molecule has 1 aromatic heterocycles. The highest BCUT2D eigenvalue weighted by Crippen LogP contribution is 2.30. The summed E-state index contributed by atoms with van der Waals surface area (Å²) in [5.74, 6) is -0.185. The van der Waals surface area contributed by atoms with Crippen LogP contribution in [0, 0.1) is 6.92 Å². The fourth-order valence-corrected chi connectivity index (χ4v) is 2.52. The first kappa shape index (κ1) is 14.6. The Morgan fingerprint density at radius 1 is 1.41 bits per heavy atom. The lowest BCUT2D eigenvalue weighted by Gasteiger charge is -2.32. The molecule has 2 heterocycles. The number of amides is 1. The molecular weight excluding hydrogens is 308 g/mol.